The van der Waals surface area contributed by atoms with Gasteiger partial charge in [-0.05, 0) is 19.1 Å². The summed E-state index contributed by atoms with van der Waals surface area (Å²) in [7, 11) is 0. The largest absolute Gasteiger partial charge is 0.506 e. The zero-order valence-electron chi connectivity index (χ0n) is 9.67. The number of aryl methyl sites for hydroxylation is 1. The van der Waals surface area contributed by atoms with Crippen molar-refractivity contribution in [2.24, 2.45) is 0 Å². The summed E-state index contributed by atoms with van der Waals surface area (Å²) < 4.78 is 1.98. The van der Waals surface area contributed by atoms with Crippen LogP contribution < -0.4 is 5.32 Å². The van der Waals surface area contributed by atoms with Gasteiger partial charge in [-0.25, -0.2) is 0 Å². The van der Waals surface area contributed by atoms with Crippen LogP contribution in [0.5, 0.6) is 5.75 Å². The van der Waals surface area contributed by atoms with Crippen molar-refractivity contribution in [1.29, 1.82) is 0 Å². The van der Waals surface area contributed by atoms with Crippen molar-refractivity contribution in [1.82, 2.24) is 25.1 Å². The SMILES string of the molecule is CCn1cnnc1CNCc1ccc(O)cn1. The third-order valence-corrected chi connectivity index (χ3v) is 2.43. The van der Waals surface area contributed by atoms with Crippen molar-refractivity contribution in [2.45, 2.75) is 26.6 Å². The van der Waals surface area contributed by atoms with Crippen LogP contribution in [0.25, 0.3) is 0 Å². The van der Waals surface area contributed by atoms with Gasteiger partial charge in [0, 0.05) is 13.1 Å². The average Bonchev–Trinajstić information content (AvgIpc) is 2.79. The number of rotatable bonds is 5. The fourth-order valence-corrected chi connectivity index (χ4v) is 1.50. The van der Waals surface area contributed by atoms with E-state index in [1.807, 2.05) is 11.5 Å². The van der Waals surface area contributed by atoms with Gasteiger partial charge in [-0.15, -0.1) is 10.2 Å². The molecule has 2 heterocycles. The van der Waals surface area contributed by atoms with E-state index in [0.717, 1.165) is 18.1 Å². The Balaban J connectivity index is 1.85. The summed E-state index contributed by atoms with van der Waals surface area (Å²) in [5.41, 5.74) is 0.880. The summed E-state index contributed by atoms with van der Waals surface area (Å²) in [6.07, 6.45) is 3.15. The minimum absolute atomic E-state index is 0.180. The lowest BCUT2D eigenvalue weighted by Gasteiger charge is -2.05. The smallest absolute Gasteiger partial charge is 0.146 e. The zero-order chi connectivity index (χ0) is 12.1. The molecule has 0 aliphatic heterocycles. The molecule has 0 aliphatic carbocycles. The Hall–Kier alpha value is -1.95. The first-order valence-electron chi connectivity index (χ1n) is 5.51. The van der Waals surface area contributed by atoms with E-state index < -0.39 is 0 Å². The molecule has 2 aromatic heterocycles. The number of nitrogens with zero attached hydrogens (tertiary/aromatic N) is 4. The minimum atomic E-state index is 0.180. The highest BCUT2D eigenvalue weighted by Crippen LogP contribution is 2.05. The van der Waals surface area contributed by atoms with Gasteiger partial charge in [0.15, 0.2) is 0 Å². The maximum Gasteiger partial charge on any atom is 0.146 e. The van der Waals surface area contributed by atoms with Crippen molar-refractivity contribution in [3.8, 4) is 5.75 Å². The van der Waals surface area contributed by atoms with E-state index in [2.05, 4.69) is 20.5 Å². The van der Waals surface area contributed by atoms with Gasteiger partial charge in [-0.3, -0.25) is 4.98 Å². The lowest BCUT2D eigenvalue weighted by Crippen LogP contribution is -2.17. The van der Waals surface area contributed by atoms with E-state index in [9.17, 15) is 0 Å². The Kier molecular flexibility index (Phi) is 3.66. The number of aromatic hydroxyl groups is 1. The number of aromatic nitrogens is 4. The summed E-state index contributed by atoms with van der Waals surface area (Å²) in [4.78, 5) is 4.08. The van der Waals surface area contributed by atoms with Gasteiger partial charge >= 0.3 is 0 Å². The number of nitrogens with one attached hydrogen (secondary N) is 1. The van der Waals surface area contributed by atoms with Crippen LogP contribution in [0.1, 0.15) is 18.4 Å². The molecule has 0 saturated heterocycles. The maximum atomic E-state index is 9.10. The van der Waals surface area contributed by atoms with Crippen LogP contribution in [0.3, 0.4) is 0 Å². The molecule has 2 N–H and O–H groups in total. The molecule has 0 saturated carbocycles. The van der Waals surface area contributed by atoms with Crippen LogP contribution in [0.15, 0.2) is 24.7 Å². The highest BCUT2D eigenvalue weighted by molar-refractivity contribution is 5.17. The molecule has 0 radical (unpaired) electrons. The number of hydrogen-bond donors (Lipinski definition) is 2. The minimum Gasteiger partial charge on any atom is -0.506 e. The Labute approximate surface area is 99.3 Å². The van der Waals surface area contributed by atoms with Crippen LogP contribution in [-0.2, 0) is 19.6 Å². The summed E-state index contributed by atoms with van der Waals surface area (Å²) in [5.74, 6) is 1.09. The van der Waals surface area contributed by atoms with E-state index in [1.165, 1.54) is 6.20 Å². The number of pyridine rings is 1. The van der Waals surface area contributed by atoms with Gasteiger partial charge < -0.3 is 15.0 Å². The van der Waals surface area contributed by atoms with E-state index in [-0.39, 0.29) is 5.75 Å². The zero-order valence-corrected chi connectivity index (χ0v) is 9.67. The first kappa shape index (κ1) is 11.5. The van der Waals surface area contributed by atoms with Gasteiger partial charge in [0.25, 0.3) is 0 Å². The molecule has 2 rings (SSSR count). The molecule has 6 nitrogen and oxygen atoms in total. The van der Waals surface area contributed by atoms with Crippen molar-refractivity contribution in [3.05, 3.63) is 36.2 Å². The fraction of sp³-hybridized carbons (Fsp3) is 0.364. The molecule has 0 unspecified atom stereocenters. The molecule has 0 aliphatic rings. The van der Waals surface area contributed by atoms with Crippen LogP contribution in [0, 0.1) is 0 Å². The molecule has 0 atom stereocenters. The van der Waals surface area contributed by atoms with E-state index in [1.54, 1.807) is 18.5 Å². The second-order valence-corrected chi connectivity index (χ2v) is 3.64. The normalized spacial score (nSPS) is 10.6. The molecule has 90 valence electrons. The predicted molar refractivity (Wildman–Crippen MR) is 62.1 cm³/mol. The van der Waals surface area contributed by atoms with Crippen LogP contribution in [0.4, 0.5) is 0 Å². The highest BCUT2D eigenvalue weighted by Gasteiger charge is 2.02. The van der Waals surface area contributed by atoms with Crippen molar-refractivity contribution in [2.75, 3.05) is 0 Å². The maximum absolute atomic E-state index is 9.10. The Morgan fingerprint density at radius 1 is 1.35 bits per heavy atom. The molecule has 2 aromatic rings. The number of hydrogen-bond acceptors (Lipinski definition) is 5. The van der Waals surface area contributed by atoms with Crippen molar-refractivity contribution >= 4 is 0 Å². The third-order valence-electron chi connectivity index (χ3n) is 2.43. The van der Waals surface area contributed by atoms with Crippen molar-refractivity contribution < 1.29 is 5.11 Å². The van der Waals surface area contributed by atoms with E-state index in [0.29, 0.717) is 13.1 Å². The lowest BCUT2D eigenvalue weighted by molar-refractivity contribution is 0.471. The summed E-state index contributed by atoms with van der Waals surface area (Å²) in [6.45, 7) is 4.20. The summed E-state index contributed by atoms with van der Waals surface area (Å²) in [6, 6.07) is 3.41. The predicted octanol–water partition coefficient (Wildman–Crippen LogP) is 0.688. The quantitative estimate of drug-likeness (QED) is 0.794. The van der Waals surface area contributed by atoms with Crippen LogP contribution >= 0.6 is 0 Å². The molecular weight excluding hydrogens is 218 g/mol. The molecule has 0 aromatic carbocycles. The third kappa shape index (κ3) is 3.01. The van der Waals surface area contributed by atoms with Gasteiger partial charge in [-0.2, -0.15) is 0 Å². The molecular formula is C11H15N5O. The molecule has 17 heavy (non-hydrogen) atoms. The summed E-state index contributed by atoms with van der Waals surface area (Å²) in [5, 5.41) is 20.2. The monoisotopic (exact) mass is 233 g/mol. The van der Waals surface area contributed by atoms with E-state index in [4.69, 9.17) is 5.11 Å². The van der Waals surface area contributed by atoms with Gasteiger partial charge in [0.1, 0.15) is 17.9 Å². The topological polar surface area (TPSA) is 75.9 Å². The molecule has 0 amide bonds. The van der Waals surface area contributed by atoms with Gasteiger partial charge in [0.05, 0.1) is 18.4 Å². The summed E-state index contributed by atoms with van der Waals surface area (Å²) >= 11 is 0. The fourth-order valence-electron chi connectivity index (χ4n) is 1.50. The molecule has 6 heteroatoms. The Morgan fingerprint density at radius 3 is 2.94 bits per heavy atom. The van der Waals surface area contributed by atoms with Gasteiger partial charge in [0.2, 0.25) is 0 Å². The molecule has 0 bridgehead atoms. The lowest BCUT2D eigenvalue weighted by atomic mass is 10.3. The second-order valence-electron chi connectivity index (χ2n) is 3.64. The Morgan fingerprint density at radius 2 is 2.24 bits per heavy atom. The second kappa shape index (κ2) is 5.40. The van der Waals surface area contributed by atoms with E-state index >= 15 is 0 Å². The molecule has 0 spiro atoms. The van der Waals surface area contributed by atoms with Crippen molar-refractivity contribution in [3.63, 3.8) is 0 Å². The average molecular weight is 233 g/mol. The van der Waals surface area contributed by atoms with Gasteiger partial charge in [-0.1, -0.05) is 0 Å². The van der Waals surface area contributed by atoms with Crippen LogP contribution in [-0.4, -0.2) is 24.9 Å². The first-order valence-corrected chi connectivity index (χ1v) is 5.51. The first-order chi connectivity index (χ1) is 8.29. The Bertz CT molecular complexity index is 465. The standard InChI is InChI=1S/C11H15N5O/c1-2-16-8-14-15-11(16)7-12-5-9-3-4-10(17)6-13-9/h3-4,6,8,12,17H,2,5,7H2,1H3. The molecule has 0 fully saturated rings. The highest BCUT2D eigenvalue weighted by atomic mass is 16.3. The van der Waals surface area contributed by atoms with Crippen LogP contribution in [0.2, 0.25) is 0 Å².